The number of amides is 1. The van der Waals surface area contributed by atoms with Crippen LogP contribution in [0.15, 0.2) is 24.3 Å². The van der Waals surface area contributed by atoms with Gasteiger partial charge in [0.1, 0.15) is 12.4 Å². The van der Waals surface area contributed by atoms with E-state index in [4.69, 9.17) is 10.5 Å². The normalized spacial score (nSPS) is 23.5. The standard InChI is InChI=1S/C17H24F2N2O2.ClH/c1-17(20)8-3-2-7-14(17)16(22)21-10-12-5-4-6-13(9-12)23-11-15(18)19;/h4-6,9,14-15H,2-3,7-8,10-11,20H2,1H3,(H,21,22);1H. The van der Waals surface area contributed by atoms with Gasteiger partial charge in [-0.25, -0.2) is 8.78 Å². The molecule has 0 radical (unpaired) electrons. The maximum atomic E-state index is 12.4. The molecular weight excluding hydrogens is 338 g/mol. The number of hydrogen-bond donors (Lipinski definition) is 2. The van der Waals surface area contributed by atoms with Gasteiger partial charge in [0, 0.05) is 12.1 Å². The molecule has 0 heterocycles. The van der Waals surface area contributed by atoms with E-state index >= 15 is 0 Å². The first kappa shape index (κ1) is 20.6. The number of hydrogen-bond acceptors (Lipinski definition) is 3. The lowest BCUT2D eigenvalue weighted by Gasteiger charge is -2.37. The average molecular weight is 363 g/mol. The van der Waals surface area contributed by atoms with Crippen molar-refractivity contribution in [2.75, 3.05) is 6.61 Å². The van der Waals surface area contributed by atoms with E-state index in [1.165, 1.54) is 0 Å². The lowest BCUT2D eigenvalue weighted by Crippen LogP contribution is -2.52. The number of carbonyl (C=O) groups is 1. The van der Waals surface area contributed by atoms with Gasteiger partial charge < -0.3 is 15.8 Å². The molecule has 1 saturated carbocycles. The Kier molecular flexibility index (Phi) is 7.90. The number of nitrogens with one attached hydrogen (secondary N) is 1. The van der Waals surface area contributed by atoms with E-state index in [2.05, 4.69) is 5.32 Å². The number of nitrogens with two attached hydrogens (primary N) is 1. The van der Waals surface area contributed by atoms with Crippen molar-refractivity contribution in [2.45, 2.75) is 51.1 Å². The van der Waals surface area contributed by atoms with Gasteiger partial charge in [-0.05, 0) is 37.5 Å². The highest BCUT2D eigenvalue weighted by molar-refractivity contribution is 5.85. The number of benzene rings is 1. The fraction of sp³-hybridized carbons (Fsp3) is 0.588. The summed E-state index contributed by atoms with van der Waals surface area (Å²) in [5, 5.41) is 2.89. The highest BCUT2D eigenvalue weighted by Crippen LogP contribution is 2.31. The second-order valence-corrected chi connectivity index (χ2v) is 6.37. The summed E-state index contributed by atoms with van der Waals surface area (Å²) in [5.74, 6) is 0.140. The molecule has 1 aromatic rings. The van der Waals surface area contributed by atoms with Crippen LogP contribution in [0.25, 0.3) is 0 Å². The molecule has 136 valence electrons. The van der Waals surface area contributed by atoms with Crippen LogP contribution in [0.1, 0.15) is 38.2 Å². The summed E-state index contributed by atoms with van der Waals surface area (Å²) in [6.45, 7) is 1.62. The van der Waals surface area contributed by atoms with Crippen LogP contribution in [0, 0.1) is 5.92 Å². The van der Waals surface area contributed by atoms with Crippen molar-refractivity contribution in [1.29, 1.82) is 0 Å². The average Bonchev–Trinajstić information content (AvgIpc) is 2.50. The maximum Gasteiger partial charge on any atom is 0.272 e. The quantitative estimate of drug-likeness (QED) is 0.816. The number of alkyl halides is 2. The monoisotopic (exact) mass is 362 g/mol. The van der Waals surface area contributed by atoms with Crippen molar-refractivity contribution >= 4 is 18.3 Å². The third kappa shape index (κ3) is 5.91. The molecule has 0 spiro atoms. The zero-order valence-corrected chi connectivity index (χ0v) is 14.6. The summed E-state index contributed by atoms with van der Waals surface area (Å²) in [7, 11) is 0. The Bertz CT molecular complexity index is 541. The summed E-state index contributed by atoms with van der Waals surface area (Å²) in [6, 6.07) is 6.81. The highest BCUT2D eigenvalue weighted by atomic mass is 35.5. The van der Waals surface area contributed by atoms with Crippen LogP contribution in [0.4, 0.5) is 8.78 Å². The summed E-state index contributed by atoms with van der Waals surface area (Å²) in [4.78, 5) is 12.4. The number of rotatable bonds is 6. The minimum atomic E-state index is -2.51. The Morgan fingerprint density at radius 2 is 2.21 bits per heavy atom. The molecular formula is C17H25ClF2N2O2. The third-order valence-electron chi connectivity index (χ3n) is 4.31. The predicted molar refractivity (Wildman–Crippen MR) is 91.6 cm³/mol. The maximum absolute atomic E-state index is 12.4. The van der Waals surface area contributed by atoms with Gasteiger partial charge in [0.2, 0.25) is 5.91 Å². The lowest BCUT2D eigenvalue weighted by atomic mass is 9.74. The van der Waals surface area contributed by atoms with Crippen LogP contribution in [0.2, 0.25) is 0 Å². The van der Waals surface area contributed by atoms with Gasteiger partial charge >= 0.3 is 0 Å². The van der Waals surface area contributed by atoms with Gasteiger partial charge in [-0.15, -0.1) is 12.4 Å². The second kappa shape index (κ2) is 9.18. The Labute approximate surface area is 147 Å². The van der Waals surface area contributed by atoms with Crippen LogP contribution in [0.5, 0.6) is 5.75 Å². The molecule has 0 aliphatic heterocycles. The van der Waals surface area contributed by atoms with E-state index < -0.39 is 18.6 Å². The molecule has 2 atom stereocenters. The van der Waals surface area contributed by atoms with Gasteiger partial charge in [0.15, 0.2) is 0 Å². The van der Waals surface area contributed by atoms with Crippen molar-refractivity contribution in [3.05, 3.63) is 29.8 Å². The first-order valence-electron chi connectivity index (χ1n) is 7.95. The smallest absolute Gasteiger partial charge is 0.272 e. The molecule has 1 aliphatic rings. The molecule has 2 unspecified atom stereocenters. The van der Waals surface area contributed by atoms with E-state index in [0.717, 1.165) is 31.2 Å². The molecule has 7 heteroatoms. The van der Waals surface area contributed by atoms with E-state index in [-0.39, 0.29) is 24.2 Å². The summed E-state index contributed by atoms with van der Waals surface area (Å²) >= 11 is 0. The Morgan fingerprint density at radius 1 is 1.46 bits per heavy atom. The van der Waals surface area contributed by atoms with Crippen molar-refractivity contribution in [3.63, 3.8) is 0 Å². The molecule has 24 heavy (non-hydrogen) atoms. The lowest BCUT2D eigenvalue weighted by molar-refractivity contribution is -0.128. The molecule has 1 aliphatic carbocycles. The van der Waals surface area contributed by atoms with Crippen LogP contribution < -0.4 is 15.8 Å². The van der Waals surface area contributed by atoms with E-state index in [1.54, 1.807) is 18.2 Å². The molecule has 3 N–H and O–H groups in total. The highest BCUT2D eigenvalue weighted by Gasteiger charge is 2.37. The van der Waals surface area contributed by atoms with E-state index in [0.29, 0.717) is 12.3 Å². The van der Waals surface area contributed by atoms with Crippen molar-refractivity contribution in [2.24, 2.45) is 11.7 Å². The Balaban J connectivity index is 0.00000288. The minimum absolute atomic E-state index is 0. The first-order chi connectivity index (χ1) is 10.9. The SMILES string of the molecule is CC1(N)CCCCC1C(=O)NCc1cccc(OCC(F)F)c1.Cl. The van der Waals surface area contributed by atoms with Crippen LogP contribution in [-0.2, 0) is 11.3 Å². The fourth-order valence-corrected chi connectivity index (χ4v) is 3.01. The van der Waals surface area contributed by atoms with Crippen molar-refractivity contribution < 1.29 is 18.3 Å². The van der Waals surface area contributed by atoms with E-state index in [1.807, 2.05) is 13.0 Å². The van der Waals surface area contributed by atoms with Crippen molar-refractivity contribution in [1.82, 2.24) is 5.32 Å². The zero-order valence-electron chi connectivity index (χ0n) is 13.8. The molecule has 4 nitrogen and oxygen atoms in total. The van der Waals surface area contributed by atoms with Crippen molar-refractivity contribution in [3.8, 4) is 5.75 Å². The molecule has 0 aromatic heterocycles. The summed E-state index contributed by atoms with van der Waals surface area (Å²) in [6.07, 6.45) is 1.22. The van der Waals surface area contributed by atoms with Gasteiger partial charge in [-0.3, -0.25) is 4.79 Å². The van der Waals surface area contributed by atoms with Gasteiger partial charge in [-0.1, -0.05) is 25.0 Å². The zero-order chi connectivity index (χ0) is 16.9. The molecule has 1 aromatic carbocycles. The second-order valence-electron chi connectivity index (χ2n) is 6.37. The number of carbonyl (C=O) groups excluding carboxylic acids is 1. The molecule has 0 bridgehead atoms. The van der Waals surface area contributed by atoms with Crippen LogP contribution >= 0.6 is 12.4 Å². The van der Waals surface area contributed by atoms with Gasteiger partial charge in [-0.2, -0.15) is 0 Å². The van der Waals surface area contributed by atoms with Gasteiger partial charge in [0.05, 0.1) is 5.92 Å². The minimum Gasteiger partial charge on any atom is -0.488 e. The largest absolute Gasteiger partial charge is 0.488 e. The Hall–Kier alpha value is -1.40. The molecule has 1 amide bonds. The topological polar surface area (TPSA) is 64.4 Å². The Morgan fingerprint density at radius 3 is 2.88 bits per heavy atom. The molecule has 1 fully saturated rings. The van der Waals surface area contributed by atoms with E-state index in [9.17, 15) is 13.6 Å². The number of ether oxygens (including phenoxy) is 1. The first-order valence-corrected chi connectivity index (χ1v) is 7.95. The van der Waals surface area contributed by atoms with Gasteiger partial charge in [0.25, 0.3) is 6.43 Å². The summed E-state index contributed by atoms with van der Waals surface area (Å²) < 4.78 is 29.3. The third-order valence-corrected chi connectivity index (χ3v) is 4.31. The van der Waals surface area contributed by atoms with Crippen LogP contribution in [0.3, 0.4) is 0 Å². The number of halogens is 3. The van der Waals surface area contributed by atoms with Crippen LogP contribution in [-0.4, -0.2) is 24.5 Å². The predicted octanol–water partition coefficient (Wildman–Crippen LogP) is 3.28. The fourth-order valence-electron chi connectivity index (χ4n) is 3.01. The molecule has 0 saturated heterocycles. The molecule has 2 rings (SSSR count). The summed E-state index contributed by atoms with van der Waals surface area (Å²) in [5.41, 5.74) is 6.57.